The maximum atomic E-state index is 13.3. The van der Waals surface area contributed by atoms with E-state index in [1.165, 1.54) is 12.1 Å². The molecule has 0 unspecified atom stereocenters. The number of benzene rings is 1. The summed E-state index contributed by atoms with van der Waals surface area (Å²) in [6.45, 7) is 5.24. The average molecular weight is 316 g/mol. The number of amides is 1. The lowest BCUT2D eigenvalue weighted by molar-refractivity contribution is 0.0763. The average Bonchev–Trinajstić information content (AvgIpc) is 2.32. The van der Waals surface area contributed by atoms with Crippen molar-refractivity contribution in [3.8, 4) is 0 Å². The number of hydrogen-bond donors (Lipinski definition) is 0. The van der Waals surface area contributed by atoms with Crippen LogP contribution in [0.2, 0.25) is 0 Å². The second kappa shape index (κ2) is 7.52. The van der Waals surface area contributed by atoms with Crippen molar-refractivity contribution in [1.82, 2.24) is 4.90 Å². The molecular weight excluding hydrogens is 297 g/mol. The SMILES string of the molecule is CCCCN(CCBr)C(=O)c1cc(C)cc(F)c1. The quantitative estimate of drug-likeness (QED) is 0.732. The zero-order chi connectivity index (χ0) is 13.5. The monoisotopic (exact) mass is 315 g/mol. The molecule has 100 valence electrons. The first kappa shape index (κ1) is 15.2. The molecule has 0 spiro atoms. The summed E-state index contributed by atoms with van der Waals surface area (Å²) in [5.74, 6) is -0.446. The van der Waals surface area contributed by atoms with Crippen LogP contribution < -0.4 is 0 Å². The summed E-state index contributed by atoms with van der Waals surface area (Å²) < 4.78 is 13.3. The Hall–Kier alpha value is -0.900. The van der Waals surface area contributed by atoms with Crippen LogP contribution in [0.25, 0.3) is 0 Å². The highest BCUT2D eigenvalue weighted by molar-refractivity contribution is 9.09. The van der Waals surface area contributed by atoms with Crippen molar-refractivity contribution in [2.24, 2.45) is 0 Å². The van der Waals surface area contributed by atoms with Crippen molar-refractivity contribution in [2.45, 2.75) is 26.7 Å². The molecule has 1 aromatic carbocycles. The Balaban J connectivity index is 2.86. The zero-order valence-corrected chi connectivity index (χ0v) is 12.5. The first-order valence-electron chi connectivity index (χ1n) is 6.21. The van der Waals surface area contributed by atoms with Crippen molar-refractivity contribution in [1.29, 1.82) is 0 Å². The number of nitrogens with zero attached hydrogens (tertiary/aromatic N) is 1. The smallest absolute Gasteiger partial charge is 0.253 e. The predicted molar refractivity (Wildman–Crippen MR) is 75.7 cm³/mol. The molecule has 0 N–H and O–H groups in total. The van der Waals surface area contributed by atoms with Crippen LogP contribution in [-0.2, 0) is 0 Å². The molecule has 0 aromatic heterocycles. The summed E-state index contributed by atoms with van der Waals surface area (Å²) in [6.07, 6.45) is 2.00. The molecule has 0 aliphatic rings. The Kier molecular flexibility index (Phi) is 6.33. The summed E-state index contributed by atoms with van der Waals surface area (Å²) in [5.41, 5.74) is 1.21. The van der Waals surface area contributed by atoms with Crippen molar-refractivity contribution in [2.75, 3.05) is 18.4 Å². The third kappa shape index (κ3) is 4.41. The second-order valence-corrected chi connectivity index (χ2v) is 5.14. The molecule has 4 heteroatoms. The number of halogens is 2. The van der Waals surface area contributed by atoms with E-state index in [1.807, 2.05) is 0 Å². The zero-order valence-electron chi connectivity index (χ0n) is 10.9. The van der Waals surface area contributed by atoms with E-state index in [-0.39, 0.29) is 11.7 Å². The fraction of sp³-hybridized carbons (Fsp3) is 0.500. The first-order chi connectivity index (χ1) is 8.58. The lowest BCUT2D eigenvalue weighted by Gasteiger charge is -2.21. The number of aryl methyl sites for hydroxylation is 1. The Morgan fingerprint density at radius 1 is 1.33 bits per heavy atom. The van der Waals surface area contributed by atoms with Crippen molar-refractivity contribution < 1.29 is 9.18 Å². The van der Waals surface area contributed by atoms with E-state index in [0.717, 1.165) is 30.3 Å². The standard InChI is InChI=1S/C14H19BrFNO/c1-3-4-6-17(7-5-15)14(18)12-8-11(2)9-13(16)10-12/h8-10H,3-7H2,1-2H3. The fourth-order valence-corrected chi connectivity index (χ4v) is 2.24. The Morgan fingerprint density at radius 2 is 2.06 bits per heavy atom. The molecule has 2 nitrogen and oxygen atoms in total. The van der Waals surface area contributed by atoms with Gasteiger partial charge in [0.15, 0.2) is 0 Å². The van der Waals surface area contributed by atoms with Crippen LogP contribution in [0.4, 0.5) is 4.39 Å². The van der Waals surface area contributed by atoms with Gasteiger partial charge in [0, 0.05) is 24.0 Å². The van der Waals surface area contributed by atoms with Crippen molar-refractivity contribution in [3.63, 3.8) is 0 Å². The van der Waals surface area contributed by atoms with Gasteiger partial charge in [-0.2, -0.15) is 0 Å². The normalized spacial score (nSPS) is 10.4. The molecule has 18 heavy (non-hydrogen) atoms. The summed E-state index contributed by atoms with van der Waals surface area (Å²) in [6, 6.07) is 4.47. The maximum absolute atomic E-state index is 13.3. The molecular formula is C14H19BrFNO. The topological polar surface area (TPSA) is 20.3 Å². The van der Waals surface area contributed by atoms with Gasteiger partial charge in [0.1, 0.15) is 5.82 Å². The molecule has 0 saturated heterocycles. The van der Waals surface area contributed by atoms with Gasteiger partial charge in [-0.15, -0.1) is 0 Å². The van der Waals surface area contributed by atoms with Gasteiger partial charge in [0.2, 0.25) is 0 Å². The van der Waals surface area contributed by atoms with E-state index in [2.05, 4.69) is 22.9 Å². The number of alkyl halides is 1. The van der Waals surface area contributed by atoms with Gasteiger partial charge < -0.3 is 4.90 Å². The van der Waals surface area contributed by atoms with Crippen molar-refractivity contribution in [3.05, 3.63) is 35.1 Å². The Bertz CT molecular complexity index is 389. The first-order valence-corrected chi connectivity index (χ1v) is 7.33. The summed E-state index contributed by atoms with van der Waals surface area (Å²) in [4.78, 5) is 14.1. The van der Waals surface area contributed by atoms with E-state index >= 15 is 0 Å². The van der Waals surface area contributed by atoms with Crippen molar-refractivity contribution >= 4 is 21.8 Å². The second-order valence-electron chi connectivity index (χ2n) is 4.35. The van der Waals surface area contributed by atoms with Gasteiger partial charge in [0.25, 0.3) is 5.91 Å². The van der Waals surface area contributed by atoms with E-state index in [4.69, 9.17) is 0 Å². The van der Waals surface area contributed by atoms with Crippen LogP contribution in [0.15, 0.2) is 18.2 Å². The van der Waals surface area contributed by atoms with E-state index < -0.39 is 0 Å². The minimum Gasteiger partial charge on any atom is -0.338 e. The van der Waals surface area contributed by atoms with Crippen LogP contribution in [-0.4, -0.2) is 29.2 Å². The van der Waals surface area contributed by atoms with Gasteiger partial charge in [-0.05, 0) is 37.1 Å². The van der Waals surface area contributed by atoms with E-state index in [9.17, 15) is 9.18 Å². The molecule has 1 aromatic rings. The van der Waals surface area contributed by atoms with Crippen LogP contribution in [0.5, 0.6) is 0 Å². The van der Waals surface area contributed by atoms with Gasteiger partial charge in [-0.25, -0.2) is 4.39 Å². The van der Waals surface area contributed by atoms with E-state index in [0.29, 0.717) is 12.1 Å². The third-order valence-corrected chi connectivity index (χ3v) is 3.07. The molecule has 0 bridgehead atoms. The number of carbonyl (C=O) groups is 1. The lowest BCUT2D eigenvalue weighted by atomic mass is 10.1. The lowest BCUT2D eigenvalue weighted by Crippen LogP contribution is -2.33. The molecule has 0 saturated carbocycles. The Morgan fingerprint density at radius 3 is 2.61 bits per heavy atom. The van der Waals surface area contributed by atoms with Gasteiger partial charge in [-0.3, -0.25) is 4.79 Å². The minimum absolute atomic E-state index is 0.0921. The van der Waals surface area contributed by atoms with Crippen LogP contribution >= 0.6 is 15.9 Å². The van der Waals surface area contributed by atoms with Gasteiger partial charge >= 0.3 is 0 Å². The van der Waals surface area contributed by atoms with Gasteiger partial charge in [-0.1, -0.05) is 29.3 Å². The van der Waals surface area contributed by atoms with E-state index in [1.54, 1.807) is 17.9 Å². The molecule has 0 heterocycles. The molecule has 0 aliphatic carbocycles. The number of rotatable bonds is 6. The molecule has 0 aliphatic heterocycles. The predicted octanol–water partition coefficient (Wildman–Crippen LogP) is 3.77. The number of hydrogen-bond acceptors (Lipinski definition) is 1. The summed E-state index contributed by atoms with van der Waals surface area (Å²) in [5, 5.41) is 0.733. The highest BCUT2D eigenvalue weighted by Gasteiger charge is 2.15. The largest absolute Gasteiger partial charge is 0.338 e. The number of unbranched alkanes of at least 4 members (excludes halogenated alkanes) is 1. The fourth-order valence-electron chi connectivity index (χ4n) is 1.81. The molecule has 1 rings (SSSR count). The maximum Gasteiger partial charge on any atom is 0.253 e. The molecule has 0 atom stereocenters. The molecule has 1 amide bonds. The Labute approximate surface area is 116 Å². The van der Waals surface area contributed by atoms with Crippen LogP contribution in [0.3, 0.4) is 0 Å². The highest BCUT2D eigenvalue weighted by atomic mass is 79.9. The minimum atomic E-state index is -0.354. The molecule has 0 fully saturated rings. The van der Waals surface area contributed by atoms with Gasteiger partial charge in [0.05, 0.1) is 0 Å². The number of carbonyl (C=O) groups excluding carboxylic acids is 1. The summed E-state index contributed by atoms with van der Waals surface area (Å²) >= 11 is 3.34. The molecule has 0 radical (unpaired) electrons. The van der Waals surface area contributed by atoms with Crippen LogP contribution in [0.1, 0.15) is 35.7 Å². The third-order valence-electron chi connectivity index (χ3n) is 2.71. The van der Waals surface area contributed by atoms with Crippen LogP contribution in [0, 0.1) is 12.7 Å². The highest BCUT2D eigenvalue weighted by Crippen LogP contribution is 2.12. The summed E-state index contributed by atoms with van der Waals surface area (Å²) in [7, 11) is 0.